The van der Waals surface area contributed by atoms with Crippen molar-refractivity contribution in [1.82, 2.24) is 19.3 Å². The Morgan fingerprint density at radius 1 is 1.02 bits per heavy atom. The number of piperidine rings is 1. The number of rotatable bonds is 6. The van der Waals surface area contributed by atoms with Gasteiger partial charge in [-0.2, -0.15) is 5.10 Å². The van der Waals surface area contributed by atoms with Gasteiger partial charge in [0.2, 0.25) is 5.91 Å². The van der Waals surface area contributed by atoms with Crippen LogP contribution in [0.4, 0.5) is 10.1 Å². The molecule has 3 heterocycles. The smallest absolute Gasteiger partial charge is 0.227 e. The van der Waals surface area contributed by atoms with E-state index in [-0.39, 0.29) is 29.8 Å². The summed E-state index contributed by atoms with van der Waals surface area (Å²) < 4.78 is 29.8. The van der Waals surface area contributed by atoms with Gasteiger partial charge >= 0.3 is 0 Å². The Balaban J connectivity index is 1.49. The van der Waals surface area contributed by atoms with Gasteiger partial charge in [0, 0.05) is 43.9 Å². The first-order valence-corrected chi connectivity index (χ1v) is 14.1. The van der Waals surface area contributed by atoms with Gasteiger partial charge in [0.25, 0.3) is 0 Å². The summed E-state index contributed by atoms with van der Waals surface area (Å²) in [5.74, 6) is 0.511. The van der Waals surface area contributed by atoms with Crippen molar-refractivity contribution in [2.45, 2.75) is 70.1 Å². The zero-order chi connectivity index (χ0) is 28.0. The molecule has 2 aromatic carbocycles. The number of hydrogen-bond donors (Lipinski definition) is 0. The highest BCUT2D eigenvalue weighted by atomic mass is 19.1. The predicted octanol–water partition coefficient (Wildman–Crippen LogP) is 6.28. The van der Waals surface area contributed by atoms with Gasteiger partial charge in [-0.1, -0.05) is 6.07 Å². The van der Waals surface area contributed by atoms with Gasteiger partial charge in [-0.25, -0.2) is 9.37 Å². The van der Waals surface area contributed by atoms with Gasteiger partial charge < -0.3 is 18.9 Å². The summed E-state index contributed by atoms with van der Waals surface area (Å²) in [6.07, 6.45) is 7.97. The number of ether oxygens (including phenoxy) is 2. The minimum atomic E-state index is -0.486. The molecule has 4 aromatic rings. The van der Waals surface area contributed by atoms with E-state index in [1.807, 2.05) is 17.9 Å². The Bertz CT molecular complexity index is 1530. The van der Waals surface area contributed by atoms with Gasteiger partial charge in [-0.05, 0) is 75.3 Å². The molecule has 40 heavy (non-hydrogen) atoms. The molecule has 1 atom stereocenters. The Morgan fingerprint density at radius 2 is 1.82 bits per heavy atom. The van der Waals surface area contributed by atoms with Gasteiger partial charge in [0.15, 0.2) is 11.6 Å². The van der Waals surface area contributed by atoms with Crippen molar-refractivity contribution in [3.8, 4) is 17.0 Å². The van der Waals surface area contributed by atoms with E-state index in [2.05, 4.69) is 34.8 Å². The number of fused-ring (bicyclic) bond motifs is 1. The Labute approximate surface area is 233 Å². The highest BCUT2D eigenvalue weighted by Crippen LogP contribution is 2.42. The van der Waals surface area contributed by atoms with Crippen LogP contribution in [0.2, 0.25) is 0 Å². The van der Waals surface area contributed by atoms with E-state index >= 15 is 0 Å². The standard InChI is InChI=1S/C31H36FN5O3/c1-19-18-33-35(2)30(19)20-8-14-26-25(16-20)34-31(37(26)21-9-12-23(39-3)13-10-21)27-6-5-7-29(38)36(27)22-11-15-28(40-4)24(32)17-22/h8,11,14-18,21,23,27H,5-7,9-10,12-13H2,1-4H3/t21?,23?,27-/m0/s1. The molecular formula is C31H36FN5O3. The molecule has 8 nitrogen and oxygen atoms in total. The van der Waals surface area contributed by atoms with E-state index in [0.717, 1.165) is 72.2 Å². The number of halogens is 1. The molecule has 1 saturated heterocycles. The van der Waals surface area contributed by atoms with Crippen molar-refractivity contribution in [1.29, 1.82) is 0 Å². The van der Waals surface area contributed by atoms with Crippen molar-refractivity contribution in [3.05, 3.63) is 59.8 Å². The second-order valence-electron chi connectivity index (χ2n) is 11.0. The average Bonchev–Trinajstić information content (AvgIpc) is 3.51. The predicted molar refractivity (Wildman–Crippen MR) is 152 cm³/mol. The van der Waals surface area contributed by atoms with Crippen LogP contribution in [0.1, 0.15) is 68.4 Å². The fourth-order valence-electron chi connectivity index (χ4n) is 6.63. The molecule has 0 bridgehead atoms. The normalized spacial score (nSPS) is 21.8. The third-order valence-electron chi connectivity index (χ3n) is 8.61. The van der Waals surface area contributed by atoms with Crippen LogP contribution in [0.3, 0.4) is 0 Å². The minimum absolute atomic E-state index is 0.0197. The summed E-state index contributed by atoms with van der Waals surface area (Å²) in [5, 5.41) is 4.42. The van der Waals surface area contributed by atoms with Crippen molar-refractivity contribution in [2.75, 3.05) is 19.1 Å². The van der Waals surface area contributed by atoms with Crippen LogP contribution in [-0.2, 0) is 16.6 Å². The number of anilines is 1. The van der Waals surface area contributed by atoms with Crippen molar-refractivity contribution in [2.24, 2.45) is 7.05 Å². The van der Waals surface area contributed by atoms with Crippen LogP contribution < -0.4 is 9.64 Å². The van der Waals surface area contributed by atoms with Crippen LogP contribution in [0.5, 0.6) is 5.75 Å². The number of methoxy groups -OCH3 is 2. The average molecular weight is 546 g/mol. The minimum Gasteiger partial charge on any atom is -0.494 e. The van der Waals surface area contributed by atoms with E-state index in [9.17, 15) is 9.18 Å². The summed E-state index contributed by atoms with van der Waals surface area (Å²) in [4.78, 5) is 20.4. The molecule has 0 N–H and O–H groups in total. The molecule has 0 unspecified atom stereocenters. The van der Waals surface area contributed by atoms with Gasteiger partial charge in [-0.3, -0.25) is 9.48 Å². The van der Waals surface area contributed by atoms with Crippen LogP contribution in [0.25, 0.3) is 22.3 Å². The Hall–Kier alpha value is -3.72. The zero-order valence-corrected chi connectivity index (χ0v) is 23.6. The number of benzene rings is 2. The van der Waals surface area contributed by atoms with Crippen LogP contribution in [0, 0.1) is 12.7 Å². The third kappa shape index (κ3) is 4.56. The van der Waals surface area contributed by atoms with Gasteiger partial charge in [0.05, 0.1) is 42.2 Å². The van der Waals surface area contributed by atoms with Gasteiger partial charge in [0.1, 0.15) is 5.82 Å². The molecule has 1 aliphatic heterocycles. The number of aromatic nitrogens is 4. The molecule has 9 heteroatoms. The second-order valence-corrected chi connectivity index (χ2v) is 11.0. The maximum absolute atomic E-state index is 14.8. The number of nitrogens with zero attached hydrogens (tertiary/aromatic N) is 5. The van der Waals surface area contributed by atoms with Crippen molar-refractivity contribution >= 4 is 22.6 Å². The van der Waals surface area contributed by atoms with E-state index < -0.39 is 5.82 Å². The third-order valence-corrected chi connectivity index (χ3v) is 8.61. The molecule has 2 fully saturated rings. The Morgan fingerprint density at radius 3 is 2.50 bits per heavy atom. The number of hydrogen-bond acceptors (Lipinski definition) is 5. The number of amides is 1. The lowest BCUT2D eigenvalue weighted by Gasteiger charge is -2.37. The van der Waals surface area contributed by atoms with Crippen LogP contribution >= 0.6 is 0 Å². The lowest BCUT2D eigenvalue weighted by atomic mass is 9.91. The van der Waals surface area contributed by atoms with Gasteiger partial charge in [-0.15, -0.1) is 0 Å². The summed E-state index contributed by atoms with van der Waals surface area (Å²) in [6.45, 7) is 2.06. The molecule has 1 saturated carbocycles. The fourth-order valence-corrected chi connectivity index (χ4v) is 6.63. The SMILES string of the molecule is COc1ccc(N2C(=O)CCC[C@H]2c2nc3cc(-c4c(C)cnn4C)ccc3n2C2CCC(OC)CC2)cc1F. The molecule has 2 aromatic heterocycles. The molecule has 6 rings (SSSR count). The highest BCUT2D eigenvalue weighted by Gasteiger charge is 2.36. The molecule has 0 radical (unpaired) electrons. The van der Waals surface area contributed by atoms with E-state index in [1.54, 1.807) is 24.1 Å². The summed E-state index contributed by atoms with van der Waals surface area (Å²) in [7, 11) is 5.17. The van der Waals surface area contributed by atoms with Crippen molar-refractivity contribution in [3.63, 3.8) is 0 Å². The molecule has 210 valence electrons. The van der Waals surface area contributed by atoms with E-state index in [0.29, 0.717) is 12.1 Å². The molecule has 1 aliphatic carbocycles. The highest BCUT2D eigenvalue weighted by molar-refractivity contribution is 5.95. The summed E-state index contributed by atoms with van der Waals surface area (Å²) >= 11 is 0. The first kappa shape index (κ1) is 26.5. The maximum Gasteiger partial charge on any atom is 0.227 e. The van der Waals surface area contributed by atoms with E-state index in [1.165, 1.54) is 13.2 Å². The number of carbonyl (C=O) groups is 1. The largest absolute Gasteiger partial charge is 0.494 e. The van der Waals surface area contributed by atoms with Crippen molar-refractivity contribution < 1.29 is 18.7 Å². The lowest BCUT2D eigenvalue weighted by Crippen LogP contribution is -2.40. The topological polar surface area (TPSA) is 74.4 Å². The van der Waals surface area contributed by atoms with E-state index in [4.69, 9.17) is 14.5 Å². The number of carbonyl (C=O) groups excluding carboxylic acids is 1. The first-order valence-electron chi connectivity index (χ1n) is 14.1. The number of aryl methyl sites for hydroxylation is 2. The quantitative estimate of drug-likeness (QED) is 0.285. The first-order chi connectivity index (χ1) is 19.4. The summed E-state index contributed by atoms with van der Waals surface area (Å²) in [6, 6.07) is 11.1. The molecular weight excluding hydrogens is 509 g/mol. The fraction of sp³-hybridized carbons (Fsp3) is 0.452. The molecule has 2 aliphatic rings. The Kier molecular flexibility index (Phi) is 7.08. The monoisotopic (exact) mass is 545 g/mol. The maximum atomic E-state index is 14.8. The van der Waals surface area contributed by atoms with Crippen LogP contribution in [-0.4, -0.2) is 45.6 Å². The molecule has 1 amide bonds. The second kappa shape index (κ2) is 10.7. The zero-order valence-electron chi connectivity index (χ0n) is 23.6. The van der Waals surface area contributed by atoms with Crippen LogP contribution in [0.15, 0.2) is 42.6 Å². The number of imidazole rings is 1. The summed E-state index contributed by atoms with van der Waals surface area (Å²) in [5.41, 5.74) is 5.69. The molecule has 0 spiro atoms. The lowest BCUT2D eigenvalue weighted by molar-refractivity contribution is -0.120.